The number of nitrogens with zero attached hydrogens (tertiary/aromatic N) is 3. The minimum Gasteiger partial charge on any atom is -0.507 e. The van der Waals surface area contributed by atoms with Crippen LogP contribution in [0.1, 0.15) is 51.0 Å². The summed E-state index contributed by atoms with van der Waals surface area (Å²) in [7, 11) is 2.08. The summed E-state index contributed by atoms with van der Waals surface area (Å²) in [5.41, 5.74) is 13.5. The fourth-order valence-corrected chi connectivity index (χ4v) is 7.26. The number of hydrogen-bond acceptors (Lipinski definition) is 8. The van der Waals surface area contributed by atoms with E-state index in [9.17, 15) is 10.4 Å². The number of phenols is 1. The average molecular weight is 588 g/mol. The van der Waals surface area contributed by atoms with Gasteiger partial charge < -0.3 is 25.1 Å². The number of hydrogen-bond donors (Lipinski definition) is 2. The molecule has 4 heterocycles. The van der Waals surface area contributed by atoms with E-state index >= 15 is 0 Å². The van der Waals surface area contributed by atoms with E-state index in [2.05, 4.69) is 35.6 Å². The Morgan fingerprint density at radius 3 is 2.52 bits per heavy atom. The summed E-state index contributed by atoms with van der Waals surface area (Å²) in [5.74, 6) is 2.53. The number of phenolic OH excluding ortho intramolecular Hbond substituents is 1. The minimum atomic E-state index is -0.373. The molecule has 0 amide bonds. The lowest BCUT2D eigenvalue weighted by Crippen LogP contribution is -2.68. The largest absolute Gasteiger partial charge is 0.507 e. The van der Waals surface area contributed by atoms with Crippen molar-refractivity contribution < 1.29 is 19.3 Å². The molecular weight excluding hydrogens is 551 g/mol. The van der Waals surface area contributed by atoms with Gasteiger partial charge in [-0.1, -0.05) is 18.7 Å². The van der Waals surface area contributed by atoms with E-state index in [-0.39, 0.29) is 42.3 Å². The second-order valence-corrected chi connectivity index (χ2v) is 11.6. The van der Waals surface area contributed by atoms with Crippen LogP contribution < -0.4 is 19.9 Å². The number of benzene rings is 2. The molecule has 0 saturated carbocycles. The number of nitriles is 1. The first-order chi connectivity index (χ1) is 19.2. The minimum absolute atomic E-state index is 0.0250. The molecule has 40 heavy (non-hydrogen) atoms. The zero-order chi connectivity index (χ0) is 28.9. The second-order valence-electron chi connectivity index (χ2n) is 10.8. The van der Waals surface area contributed by atoms with Crippen LogP contribution in [-0.4, -0.2) is 65.4 Å². The predicted molar refractivity (Wildman–Crippen MR) is 156 cm³/mol. The van der Waals surface area contributed by atoms with Crippen molar-refractivity contribution in [1.82, 2.24) is 9.80 Å². The van der Waals surface area contributed by atoms with Crippen LogP contribution in [-0.2, 0) is 12.8 Å². The van der Waals surface area contributed by atoms with Gasteiger partial charge in [0.25, 0.3) is 0 Å². The maximum atomic E-state index is 11.4. The summed E-state index contributed by atoms with van der Waals surface area (Å²) in [6.45, 7) is 10.7. The van der Waals surface area contributed by atoms with Crippen LogP contribution >= 0.6 is 23.2 Å². The normalized spacial score (nSPS) is 26.0. The third-order valence-electron chi connectivity index (χ3n) is 9.00. The SMILES string of the molecule is C=CCOc1c(C)c2c(c3c1CC1[C@H]4c5c(cc(C)c(C)c5O)C[C@@H](C(C#N)N1[C@H]3CN)N4C)OCO2.ClCCl. The number of ether oxygens (including phenoxy) is 3. The van der Waals surface area contributed by atoms with Gasteiger partial charge in [0.1, 0.15) is 24.1 Å². The molecule has 2 aromatic carbocycles. The standard InChI is InChI=1S/C29H34N4O4.CH2Cl2/c1-6-7-35-27-16(4)28-29(37-13-36-28)24-18(27)10-20-25-23-17(8-14(2)15(3)26(23)34)9-19(32(25)5)21(11-30)33(20)22(24)12-31;2-1-3/h6,8,19-22,25,34H,1,7,9-10,12-13,31H2,2-5H3;1H2/t19-,20?,21?,22-,25-;/m0./s1. The molecule has 0 radical (unpaired) electrons. The molecule has 1 fully saturated rings. The van der Waals surface area contributed by atoms with Gasteiger partial charge in [0.2, 0.25) is 6.79 Å². The maximum absolute atomic E-state index is 11.4. The molecule has 214 valence electrons. The lowest BCUT2D eigenvalue weighted by atomic mass is 9.71. The average Bonchev–Trinajstić information content (AvgIpc) is 3.42. The van der Waals surface area contributed by atoms with Crippen molar-refractivity contribution in [2.75, 3.05) is 32.3 Å². The molecular formula is C30H36Cl2N4O4. The molecule has 2 unspecified atom stereocenters. The molecule has 3 N–H and O–H groups in total. The molecule has 0 aromatic heterocycles. The van der Waals surface area contributed by atoms with Gasteiger partial charge in [-0.25, -0.2) is 0 Å². The highest BCUT2D eigenvalue weighted by Crippen LogP contribution is 2.57. The Bertz CT molecular complexity index is 1380. The van der Waals surface area contributed by atoms with Gasteiger partial charge in [-0.15, -0.1) is 23.2 Å². The number of aromatic hydroxyl groups is 1. The number of alkyl halides is 2. The Kier molecular flexibility index (Phi) is 8.15. The lowest BCUT2D eigenvalue weighted by Gasteiger charge is -2.60. The summed E-state index contributed by atoms with van der Waals surface area (Å²) in [6, 6.07) is 3.98. The van der Waals surface area contributed by atoms with Gasteiger partial charge in [-0.3, -0.25) is 9.80 Å². The summed E-state index contributed by atoms with van der Waals surface area (Å²) in [5, 5.41) is 22.1. The second kappa shape index (κ2) is 11.3. The molecule has 2 aromatic rings. The molecule has 0 aliphatic carbocycles. The van der Waals surface area contributed by atoms with Gasteiger partial charge in [0.15, 0.2) is 11.5 Å². The predicted octanol–water partition coefficient (Wildman–Crippen LogP) is 4.76. The third-order valence-corrected chi connectivity index (χ3v) is 9.00. The third kappa shape index (κ3) is 4.22. The first-order valence-corrected chi connectivity index (χ1v) is 14.5. The number of fused-ring (bicyclic) bond motifs is 9. The van der Waals surface area contributed by atoms with Crippen molar-refractivity contribution in [2.24, 2.45) is 5.73 Å². The van der Waals surface area contributed by atoms with E-state index in [4.69, 9.17) is 43.1 Å². The molecule has 4 aliphatic rings. The molecule has 8 nitrogen and oxygen atoms in total. The number of piperazine rings is 1. The highest BCUT2D eigenvalue weighted by atomic mass is 35.5. The molecule has 5 atom stereocenters. The quantitative estimate of drug-likeness (QED) is 0.390. The van der Waals surface area contributed by atoms with Gasteiger partial charge in [0, 0.05) is 40.9 Å². The van der Waals surface area contributed by atoms with Crippen LogP contribution in [0, 0.1) is 32.1 Å². The number of rotatable bonds is 4. The van der Waals surface area contributed by atoms with E-state index in [1.165, 1.54) is 0 Å². The number of nitrogens with two attached hydrogens (primary N) is 1. The van der Waals surface area contributed by atoms with Crippen molar-refractivity contribution in [2.45, 2.75) is 63.8 Å². The first-order valence-electron chi connectivity index (χ1n) is 13.5. The van der Waals surface area contributed by atoms with Crippen LogP contribution in [0.3, 0.4) is 0 Å². The summed E-state index contributed by atoms with van der Waals surface area (Å²) in [6.07, 6.45) is 3.06. The smallest absolute Gasteiger partial charge is 0.231 e. The van der Waals surface area contributed by atoms with Crippen molar-refractivity contribution in [3.63, 3.8) is 0 Å². The maximum Gasteiger partial charge on any atom is 0.231 e. The van der Waals surface area contributed by atoms with Crippen molar-refractivity contribution >= 4 is 23.2 Å². The van der Waals surface area contributed by atoms with Crippen molar-refractivity contribution in [3.05, 3.63) is 57.7 Å². The molecule has 4 aliphatic heterocycles. The van der Waals surface area contributed by atoms with E-state index in [1.54, 1.807) is 6.08 Å². The summed E-state index contributed by atoms with van der Waals surface area (Å²) < 4.78 is 18.2. The number of likely N-dealkylation sites (N-methyl/N-ethyl adjacent to an activating group) is 1. The fourth-order valence-electron chi connectivity index (χ4n) is 7.26. The molecule has 1 saturated heterocycles. The highest BCUT2D eigenvalue weighted by Gasteiger charge is 2.56. The molecule has 6 rings (SSSR count). The van der Waals surface area contributed by atoms with E-state index in [0.29, 0.717) is 43.2 Å². The number of aryl methyl sites for hydroxylation is 1. The highest BCUT2D eigenvalue weighted by molar-refractivity contribution is 6.40. The van der Waals surface area contributed by atoms with Gasteiger partial charge >= 0.3 is 0 Å². The number of halogens is 2. The van der Waals surface area contributed by atoms with Crippen molar-refractivity contribution in [3.8, 4) is 29.1 Å². The Hall–Kier alpha value is -2.67. The zero-order valence-electron chi connectivity index (χ0n) is 23.3. The molecule has 0 spiro atoms. The first kappa shape index (κ1) is 28.8. The van der Waals surface area contributed by atoms with E-state index in [1.807, 2.05) is 20.8 Å². The topological polar surface area (TPSA) is 104 Å². The zero-order valence-corrected chi connectivity index (χ0v) is 24.8. The van der Waals surface area contributed by atoms with Gasteiger partial charge in [0.05, 0.1) is 23.5 Å². The van der Waals surface area contributed by atoms with E-state index in [0.717, 1.165) is 44.7 Å². The van der Waals surface area contributed by atoms with Crippen LogP contribution in [0.4, 0.5) is 0 Å². The van der Waals surface area contributed by atoms with Crippen molar-refractivity contribution in [1.29, 1.82) is 5.26 Å². The van der Waals surface area contributed by atoms with Crippen LogP contribution in [0.2, 0.25) is 0 Å². The molecule has 2 bridgehead atoms. The monoisotopic (exact) mass is 586 g/mol. The Labute approximate surface area is 245 Å². The Morgan fingerprint density at radius 1 is 1.18 bits per heavy atom. The Balaban J connectivity index is 0.00000103. The summed E-state index contributed by atoms with van der Waals surface area (Å²) >= 11 is 9.53. The van der Waals surface area contributed by atoms with Gasteiger partial charge in [-0.05, 0) is 57.4 Å². The summed E-state index contributed by atoms with van der Waals surface area (Å²) in [4.78, 5) is 4.60. The van der Waals surface area contributed by atoms with Crippen LogP contribution in [0.5, 0.6) is 23.0 Å². The van der Waals surface area contributed by atoms with E-state index < -0.39 is 0 Å². The Morgan fingerprint density at radius 2 is 1.88 bits per heavy atom. The van der Waals surface area contributed by atoms with Gasteiger partial charge in [-0.2, -0.15) is 5.26 Å². The lowest BCUT2D eigenvalue weighted by molar-refractivity contribution is -0.0710. The van der Waals surface area contributed by atoms with Crippen LogP contribution in [0.15, 0.2) is 18.7 Å². The van der Waals surface area contributed by atoms with Crippen LogP contribution in [0.25, 0.3) is 0 Å². The fraction of sp³-hybridized carbons (Fsp3) is 0.500. The molecule has 10 heteroatoms.